The number of hydrogen-bond acceptors (Lipinski definition) is 5. The predicted molar refractivity (Wildman–Crippen MR) is 91.5 cm³/mol. The van der Waals surface area contributed by atoms with Crippen molar-refractivity contribution in [3.8, 4) is 11.5 Å². The van der Waals surface area contributed by atoms with Gasteiger partial charge in [-0.1, -0.05) is 23.8 Å². The molecule has 0 saturated carbocycles. The van der Waals surface area contributed by atoms with E-state index in [1.165, 1.54) is 18.4 Å². The Hall–Kier alpha value is -2.50. The largest absolute Gasteiger partial charge is 0.485 e. The number of rotatable bonds is 6. The first-order valence-electron chi connectivity index (χ1n) is 8.72. The van der Waals surface area contributed by atoms with Crippen LogP contribution >= 0.6 is 0 Å². The van der Waals surface area contributed by atoms with E-state index in [0.29, 0.717) is 18.0 Å². The number of fused-ring (bicyclic) bond motifs is 1. The van der Waals surface area contributed by atoms with E-state index in [0.717, 1.165) is 19.3 Å². The zero-order chi connectivity index (χ0) is 17.5. The van der Waals surface area contributed by atoms with Crippen LogP contribution in [0.15, 0.2) is 35.9 Å². The van der Waals surface area contributed by atoms with Crippen molar-refractivity contribution in [2.45, 2.75) is 38.2 Å². The Morgan fingerprint density at radius 1 is 1.20 bits per heavy atom. The number of amides is 1. The fourth-order valence-corrected chi connectivity index (χ4v) is 2.91. The molecule has 6 heteroatoms. The van der Waals surface area contributed by atoms with Crippen molar-refractivity contribution in [1.82, 2.24) is 5.32 Å². The van der Waals surface area contributed by atoms with Crippen molar-refractivity contribution in [2.75, 3.05) is 19.8 Å². The summed E-state index contributed by atoms with van der Waals surface area (Å²) in [5, 5.41) is 2.77. The first kappa shape index (κ1) is 17.3. The van der Waals surface area contributed by atoms with Gasteiger partial charge in [0.1, 0.15) is 6.61 Å². The number of benzene rings is 1. The van der Waals surface area contributed by atoms with Crippen LogP contribution in [0.25, 0.3) is 0 Å². The van der Waals surface area contributed by atoms with E-state index in [1.807, 2.05) is 6.07 Å². The number of ether oxygens (including phenoxy) is 3. The van der Waals surface area contributed by atoms with Crippen molar-refractivity contribution in [3.63, 3.8) is 0 Å². The number of nitrogens with one attached hydrogen (secondary N) is 1. The molecule has 25 heavy (non-hydrogen) atoms. The Morgan fingerprint density at radius 3 is 2.84 bits per heavy atom. The molecule has 1 heterocycles. The highest BCUT2D eigenvalue weighted by Crippen LogP contribution is 2.31. The lowest BCUT2D eigenvalue weighted by atomic mass is 9.97. The number of hydrogen-bond donors (Lipinski definition) is 1. The Morgan fingerprint density at radius 2 is 2.04 bits per heavy atom. The summed E-state index contributed by atoms with van der Waals surface area (Å²) in [6.45, 7) is 0.337. The standard InChI is InChI=1S/C19H23NO5/c21-18(20-11-10-14-6-2-1-3-7-14)13-24-19(22)17-12-23-15-8-4-5-9-16(15)25-17/h4-6,8-9,17H,1-3,7,10-13H2,(H,20,21)/t17-/m1/s1. The van der Waals surface area contributed by atoms with Gasteiger partial charge in [-0.15, -0.1) is 0 Å². The molecule has 0 unspecified atom stereocenters. The molecule has 1 aromatic carbocycles. The van der Waals surface area contributed by atoms with Crippen LogP contribution in [0.2, 0.25) is 0 Å². The van der Waals surface area contributed by atoms with E-state index in [9.17, 15) is 9.59 Å². The first-order chi connectivity index (χ1) is 12.2. The molecule has 0 bridgehead atoms. The van der Waals surface area contributed by atoms with Crippen LogP contribution in [0.5, 0.6) is 11.5 Å². The summed E-state index contributed by atoms with van der Waals surface area (Å²) in [5.74, 6) is 0.198. The SMILES string of the molecule is O=C(COC(=O)[C@H]1COc2ccccc2O1)NCCC1=CCCCC1. The zero-order valence-electron chi connectivity index (χ0n) is 14.2. The summed E-state index contributed by atoms with van der Waals surface area (Å²) < 4.78 is 16.0. The lowest BCUT2D eigenvalue weighted by molar-refractivity contribution is -0.157. The molecule has 1 aliphatic carbocycles. The third-order valence-electron chi connectivity index (χ3n) is 4.27. The molecular formula is C19H23NO5. The van der Waals surface area contributed by atoms with Crippen molar-refractivity contribution in [1.29, 1.82) is 0 Å². The maximum atomic E-state index is 12.0. The number of allylic oxidation sites excluding steroid dienone is 1. The summed E-state index contributed by atoms with van der Waals surface area (Å²) in [5.41, 5.74) is 1.40. The maximum Gasteiger partial charge on any atom is 0.351 e. The van der Waals surface area contributed by atoms with Crippen LogP contribution in [0, 0.1) is 0 Å². The predicted octanol–water partition coefficient (Wildman–Crippen LogP) is 2.38. The summed E-state index contributed by atoms with van der Waals surface area (Å²) in [4.78, 5) is 23.8. The fourth-order valence-electron chi connectivity index (χ4n) is 2.91. The Bertz CT molecular complexity index is 655. The van der Waals surface area contributed by atoms with Crippen molar-refractivity contribution >= 4 is 11.9 Å². The van der Waals surface area contributed by atoms with Crippen molar-refractivity contribution in [2.24, 2.45) is 0 Å². The van der Waals surface area contributed by atoms with Crippen LogP contribution in [-0.4, -0.2) is 37.7 Å². The molecule has 0 spiro atoms. The number of esters is 1. The normalized spacial score (nSPS) is 18.9. The number of para-hydroxylation sites is 2. The second-order valence-corrected chi connectivity index (χ2v) is 6.18. The van der Waals surface area contributed by atoms with E-state index in [-0.39, 0.29) is 19.1 Å². The van der Waals surface area contributed by atoms with Gasteiger partial charge in [-0.2, -0.15) is 0 Å². The molecule has 1 amide bonds. The zero-order valence-corrected chi connectivity index (χ0v) is 14.2. The van der Waals surface area contributed by atoms with Gasteiger partial charge in [0, 0.05) is 6.54 Å². The molecule has 0 fully saturated rings. The highest BCUT2D eigenvalue weighted by Gasteiger charge is 2.29. The molecule has 3 rings (SSSR count). The molecule has 0 radical (unpaired) electrons. The van der Waals surface area contributed by atoms with E-state index in [1.54, 1.807) is 18.2 Å². The Kier molecular flexibility index (Phi) is 5.93. The third-order valence-corrected chi connectivity index (χ3v) is 4.27. The van der Waals surface area contributed by atoms with Crippen LogP contribution in [0.1, 0.15) is 32.1 Å². The molecule has 0 saturated heterocycles. The molecule has 1 aromatic rings. The topological polar surface area (TPSA) is 73.9 Å². The minimum absolute atomic E-state index is 0.0750. The second-order valence-electron chi connectivity index (χ2n) is 6.18. The average Bonchev–Trinajstić information content (AvgIpc) is 2.66. The Balaban J connectivity index is 1.36. The fraction of sp³-hybridized carbons (Fsp3) is 0.474. The highest BCUT2D eigenvalue weighted by atomic mass is 16.6. The van der Waals surface area contributed by atoms with Gasteiger partial charge in [0.15, 0.2) is 18.1 Å². The van der Waals surface area contributed by atoms with Crippen molar-refractivity contribution in [3.05, 3.63) is 35.9 Å². The van der Waals surface area contributed by atoms with E-state index in [2.05, 4.69) is 11.4 Å². The molecule has 2 aliphatic rings. The summed E-state index contributed by atoms with van der Waals surface area (Å²) >= 11 is 0. The van der Waals surface area contributed by atoms with Gasteiger partial charge in [0.05, 0.1) is 0 Å². The number of carbonyl (C=O) groups is 2. The molecule has 0 aromatic heterocycles. The van der Waals surface area contributed by atoms with Crippen LogP contribution in [0.3, 0.4) is 0 Å². The van der Waals surface area contributed by atoms with Crippen LogP contribution < -0.4 is 14.8 Å². The Labute approximate surface area is 147 Å². The van der Waals surface area contributed by atoms with Gasteiger partial charge >= 0.3 is 5.97 Å². The van der Waals surface area contributed by atoms with Gasteiger partial charge in [-0.05, 0) is 44.2 Å². The lowest BCUT2D eigenvalue weighted by Gasteiger charge is -2.24. The summed E-state index contributed by atoms with van der Waals surface area (Å²) in [6, 6.07) is 7.12. The molecule has 6 nitrogen and oxygen atoms in total. The first-order valence-corrected chi connectivity index (χ1v) is 8.72. The van der Waals surface area contributed by atoms with Gasteiger partial charge in [0.2, 0.25) is 6.10 Å². The van der Waals surface area contributed by atoms with Gasteiger partial charge < -0.3 is 19.5 Å². The quantitative estimate of drug-likeness (QED) is 0.633. The monoisotopic (exact) mass is 345 g/mol. The minimum atomic E-state index is -0.852. The van der Waals surface area contributed by atoms with E-state index < -0.39 is 12.1 Å². The summed E-state index contributed by atoms with van der Waals surface area (Å²) in [7, 11) is 0. The van der Waals surface area contributed by atoms with E-state index in [4.69, 9.17) is 14.2 Å². The summed E-state index contributed by atoms with van der Waals surface area (Å²) in [6.07, 6.45) is 6.99. The highest BCUT2D eigenvalue weighted by molar-refractivity contribution is 5.82. The second kappa shape index (κ2) is 8.55. The van der Waals surface area contributed by atoms with Crippen molar-refractivity contribution < 1.29 is 23.8 Å². The number of carbonyl (C=O) groups excluding carboxylic acids is 2. The minimum Gasteiger partial charge on any atom is -0.485 e. The molecule has 1 atom stereocenters. The van der Waals surface area contributed by atoms with Crippen LogP contribution in [0.4, 0.5) is 0 Å². The van der Waals surface area contributed by atoms with Gasteiger partial charge in [-0.3, -0.25) is 4.79 Å². The molecular weight excluding hydrogens is 322 g/mol. The molecule has 1 aliphatic heterocycles. The lowest BCUT2D eigenvalue weighted by Crippen LogP contribution is -2.39. The third kappa shape index (κ3) is 4.98. The average molecular weight is 345 g/mol. The van der Waals surface area contributed by atoms with Gasteiger partial charge in [0.25, 0.3) is 5.91 Å². The molecule has 1 N–H and O–H groups in total. The maximum absolute atomic E-state index is 12.0. The smallest absolute Gasteiger partial charge is 0.351 e. The van der Waals surface area contributed by atoms with Gasteiger partial charge in [-0.25, -0.2) is 4.79 Å². The van der Waals surface area contributed by atoms with Crippen LogP contribution in [-0.2, 0) is 14.3 Å². The van der Waals surface area contributed by atoms with E-state index >= 15 is 0 Å². The molecule has 134 valence electrons.